The third kappa shape index (κ3) is 12.1. The molecule has 0 heterocycles. The van der Waals surface area contributed by atoms with Crippen LogP contribution in [0.1, 0.15) is 7.85 Å². The standard InChI is InChI=1S/C3H9NO3S.Na.H/c4-2-1-3-8(5,6)7;;/h1-4H2,(H,5,6,7);;/q;+1;-1. The molecule has 0 spiro atoms. The zero-order valence-electron chi connectivity index (χ0n) is 6.37. The van der Waals surface area contributed by atoms with E-state index in [9.17, 15) is 8.42 Å². The molecule has 0 radical (unpaired) electrons. The summed E-state index contributed by atoms with van der Waals surface area (Å²) in [5.41, 5.74) is 4.96. The van der Waals surface area contributed by atoms with Crippen LogP contribution >= 0.6 is 0 Å². The second kappa shape index (κ2) is 5.64. The third-order valence-electron chi connectivity index (χ3n) is 0.606. The van der Waals surface area contributed by atoms with Gasteiger partial charge in [-0.25, -0.2) is 0 Å². The molecule has 0 unspecified atom stereocenters. The molecular weight excluding hydrogens is 153 g/mol. The zero-order valence-corrected chi connectivity index (χ0v) is 8.19. The van der Waals surface area contributed by atoms with Crippen LogP contribution in [0.5, 0.6) is 0 Å². The van der Waals surface area contributed by atoms with E-state index >= 15 is 0 Å². The number of hydrogen-bond acceptors (Lipinski definition) is 3. The second-order valence-electron chi connectivity index (χ2n) is 1.43. The summed E-state index contributed by atoms with van der Waals surface area (Å²) in [6.45, 7) is 0.291. The van der Waals surface area contributed by atoms with E-state index < -0.39 is 10.1 Å². The first-order valence-electron chi connectivity index (χ1n) is 2.21. The van der Waals surface area contributed by atoms with Gasteiger partial charge >= 0.3 is 29.6 Å². The molecule has 9 heavy (non-hydrogen) atoms. The van der Waals surface area contributed by atoms with E-state index in [0.717, 1.165) is 0 Å². The SMILES string of the molecule is NCCCS(=O)(=O)O.[H-].[Na+]. The van der Waals surface area contributed by atoms with Crippen LogP contribution in [0.4, 0.5) is 0 Å². The molecule has 3 N–H and O–H groups in total. The second-order valence-corrected chi connectivity index (χ2v) is 3.00. The minimum atomic E-state index is -3.77. The van der Waals surface area contributed by atoms with E-state index in [0.29, 0.717) is 13.0 Å². The van der Waals surface area contributed by atoms with E-state index in [1.54, 1.807) is 0 Å². The summed E-state index contributed by atoms with van der Waals surface area (Å²) in [7, 11) is -3.77. The molecule has 0 bridgehead atoms. The number of nitrogens with two attached hydrogens (primary N) is 1. The van der Waals surface area contributed by atoms with Crippen LogP contribution in [0.15, 0.2) is 0 Å². The van der Waals surface area contributed by atoms with Gasteiger partial charge in [-0.2, -0.15) is 8.42 Å². The average molecular weight is 163 g/mol. The summed E-state index contributed by atoms with van der Waals surface area (Å²) in [6.07, 6.45) is 0.318. The van der Waals surface area contributed by atoms with Crippen molar-refractivity contribution in [3.05, 3.63) is 0 Å². The van der Waals surface area contributed by atoms with Crippen molar-refractivity contribution in [2.24, 2.45) is 5.73 Å². The normalized spacial score (nSPS) is 10.4. The van der Waals surface area contributed by atoms with Gasteiger partial charge in [0.05, 0.1) is 5.75 Å². The van der Waals surface area contributed by atoms with Crippen LogP contribution in [0.3, 0.4) is 0 Å². The maximum absolute atomic E-state index is 9.89. The Balaban J connectivity index is -0.000000245. The molecule has 0 aromatic rings. The number of rotatable bonds is 3. The predicted octanol–water partition coefficient (Wildman–Crippen LogP) is -3.66. The molecule has 0 saturated carbocycles. The van der Waals surface area contributed by atoms with Crippen LogP contribution in [0.25, 0.3) is 0 Å². The van der Waals surface area contributed by atoms with Crippen molar-refractivity contribution in [1.29, 1.82) is 0 Å². The van der Waals surface area contributed by atoms with Crippen molar-refractivity contribution in [3.8, 4) is 0 Å². The Bertz CT molecular complexity index is 148. The smallest absolute Gasteiger partial charge is 1.00 e. The van der Waals surface area contributed by atoms with E-state index in [-0.39, 0.29) is 36.7 Å². The largest absolute Gasteiger partial charge is 1.00 e. The Hall–Kier alpha value is 0.870. The molecule has 4 nitrogen and oxygen atoms in total. The fourth-order valence-electron chi connectivity index (χ4n) is 0.266. The summed E-state index contributed by atoms with van der Waals surface area (Å²) in [6, 6.07) is 0. The van der Waals surface area contributed by atoms with Crippen LogP contribution in [0.2, 0.25) is 0 Å². The minimum absolute atomic E-state index is 0. The molecule has 0 aliphatic heterocycles. The molecule has 6 heteroatoms. The molecule has 0 aromatic heterocycles. The monoisotopic (exact) mass is 163 g/mol. The minimum Gasteiger partial charge on any atom is -1.00 e. The summed E-state index contributed by atoms with van der Waals surface area (Å²) in [4.78, 5) is 0. The summed E-state index contributed by atoms with van der Waals surface area (Å²) in [5.74, 6) is -0.233. The van der Waals surface area contributed by atoms with E-state index in [1.165, 1.54) is 0 Å². The van der Waals surface area contributed by atoms with Crippen molar-refractivity contribution in [1.82, 2.24) is 0 Å². The predicted molar refractivity (Wildman–Crippen MR) is 31.2 cm³/mol. The Morgan fingerprint density at radius 1 is 1.56 bits per heavy atom. The van der Waals surface area contributed by atoms with Gasteiger partial charge in [0.15, 0.2) is 0 Å². The van der Waals surface area contributed by atoms with E-state index in [4.69, 9.17) is 10.3 Å². The maximum atomic E-state index is 9.89. The molecule has 0 aromatic carbocycles. The first kappa shape index (κ1) is 12.5. The van der Waals surface area contributed by atoms with Gasteiger partial charge in [-0.1, -0.05) is 0 Å². The maximum Gasteiger partial charge on any atom is 1.00 e. The molecule has 0 amide bonds. The Morgan fingerprint density at radius 3 is 2.11 bits per heavy atom. The van der Waals surface area contributed by atoms with Gasteiger partial charge < -0.3 is 7.16 Å². The van der Waals surface area contributed by atoms with Crippen molar-refractivity contribution in [2.75, 3.05) is 12.3 Å². The quantitative estimate of drug-likeness (QED) is 0.332. The first-order chi connectivity index (χ1) is 3.56. The van der Waals surface area contributed by atoms with E-state index in [2.05, 4.69) is 0 Å². The van der Waals surface area contributed by atoms with Crippen LogP contribution in [-0.2, 0) is 10.1 Å². The fourth-order valence-corrected chi connectivity index (χ4v) is 0.797. The van der Waals surface area contributed by atoms with Gasteiger partial charge in [-0.15, -0.1) is 0 Å². The molecule has 52 valence electrons. The number of hydrogen-bond donors (Lipinski definition) is 2. The molecule has 0 atom stereocenters. The zero-order chi connectivity index (χ0) is 6.62. The van der Waals surface area contributed by atoms with Crippen LogP contribution < -0.4 is 35.3 Å². The van der Waals surface area contributed by atoms with Gasteiger partial charge in [0.25, 0.3) is 10.1 Å². The van der Waals surface area contributed by atoms with Crippen molar-refractivity contribution < 1.29 is 44.0 Å². The Kier molecular flexibility index (Phi) is 7.86. The molecule has 0 aliphatic carbocycles. The molecule has 0 rings (SSSR count). The van der Waals surface area contributed by atoms with Crippen molar-refractivity contribution in [2.45, 2.75) is 6.42 Å². The summed E-state index contributed by atoms with van der Waals surface area (Å²) in [5, 5.41) is 0. The van der Waals surface area contributed by atoms with E-state index in [1.807, 2.05) is 0 Å². The molecular formula is C3H10NNaO3S. The summed E-state index contributed by atoms with van der Waals surface area (Å²) >= 11 is 0. The van der Waals surface area contributed by atoms with Gasteiger partial charge in [-0.3, -0.25) is 4.55 Å². The average Bonchev–Trinajstić information content (AvgIpc) is 1.59. The van der Waals surface area contributed by atoms with Gasteiger partial charge in [-0.05, 0) is 13.0 Å². The molecule has 0 fully saturated rings. The van der Waals surface area contributed by atoms with Gasteiger partial charge in [0, 0.05) is 0 Å². The van der Waals surface area contributed by atoms with Crippen LogP contribution in [0, 0.1) is 0 Å². The third-order valence-corrected chi connectivity index (χ3v) is 1.41. The van der Waals surface area contributed by atoms with Gasteiger partial charge in [0.2, 0.25) is 0 Å². The topological polar surface area (TPSA) is 80.4 Å². The van der Waals surface area contributed by atoms with Crippen molar-refractivity contribution in [3.63, 3.8) is 0 Å². The first-order valence-corrected chi connectivity index (χ1v) is 3.82. The molecule has 0 aliphatic rings. The fraction of sp³-hybridized carbons (Fsp3) is 1.00. The van der Waals surface area contributed by atoms with Gasteiger partial charge in [0.1, 0.15) is 0 Å². The Labute approximate surface area is 78.3 Å². The van der Waals surface area contributed by atoms with Crippen LogP contribution in [-0.4, -0.2) is 25.3 Å². The van der Waals surface area contributed by atoms with Crippen molar-refractivity contribution >= 4 is 10.1 Å². The Morgan fingerprint density at radius 2 is 2.00 bits per heavy atom. The molecule has 0 saturated heterocycles. The summed E-state index contributed by atoms with van der Waals surface area (Å²) < 4.78 is 27.8.